The summed E-state index contributed by atoms with van der Waals surface area (Å²) in [6, 6.07) is 0. The molecule has 1 unspecified atom stereocenters. The molecule has 0 bridgehead atoms. The van der Waals surface area contributed by atoms with E-state index >= 15 is 0 Å². The number of ether oxygens (including phenoxy) is 1. The topological polar surface area (TPSA) is 65.6 Å². The standard InChI is InChI=1S/C13H20N2O3/c1-4-8(5-2)10-7-15(3)9-6-14-11(13(16)17)12(9)18-10/h6,8,10,14H,4-5,7H2,1-3H3,(H,16,17). The predicted molar refractivity (Wildman–Crippen MR) is 69.5 cm³/mol. The number of aromatic carboxylic acids is 1. The van der Waals surface area contributed by atoms with Gasteiger partial charge in [-0.25, -0.2) is 4.79 Å². The highest BCUT2D eigenvalue weighted by Gasteiger charge is 2.32. The van der Waals surface area contributed by atoms with Gasteiger partial charge in [-0.05, 0) is 18.8 Å². The number of hydrogen-bond acceptors (Lipinski definition) is 3. The molecule has 0 fully saturated rings. The summed E-state index contributed by atoms with van der Waals surface area (Å²) in [5, 5.41) is 9.13. The van der Waals surface area contributed by atoms with Gasteiger partial charge in [0.1, 0.15) is 6.10 Å². The number of anilines is 1. The third kappa shape index (κ3) is 2.05. The van der Waals surface area contributed by atoms with Gasteiger partial charge < -0.3 is 19.7 Å². The van der Waals surface area contributed by atoms with Crippen LogP contribution in [-0.2, 0) is 0 Å². The molecule has 0 spiro atoms. The smallest absolute Gasteiger partial charge is 0.356 e. The van der Waals surface area contributed by atoms with Crippen molar-refractivity contribution < 1.29 is 14.6 Å². The van der Waals surface area contributed by atoms with E-state index in [-0.39, 0.29) is 11.8 Å². The molecule has 2 N–H and O–H groups in total. The van der Waals surface area contributed by atoms with Crippen LogP contribution in [0.25, 0.3) is 0 Å². The zero-order chi connectivity index (χ0) is 13.3. The number of aromatic amines is 1. The van der Waals surface area contributed by atoms with Crippen molar-refractivity contribution in [1.29, 1.82) is 0 Å². The highest BCUT2D eigenvalue weighted by Crippen LogP contribution is 2.38. The number of H-pyrrole nitrogens is 1. The average molecular weight is 252 g/mol. The Labute approximate surface area is 107 Å². The van der Waals surface area contributed by atoms with Crippen LogP contribution in [0.3, 0.4) is 0 Å². The van der Waals surface area contributed by atoms with Crippen LogP contribution in [0.1, 0.15) is 37.2 Å². The molecule has 0 aromatic carbocycles. The molecule has 1 aromatic rings. The Morgan fingerprint density at radius 1 is 1.61 bits per heavy atom. The Morgan fingerprint density at radius 2 is 2.28 bits per heavy atom. The van der Waals surface area contributed by atoms with Crippen LogP contribution in [0.4, 0.5) is 5.69 Å². The molecule has 2 heterocycles. The van der Waals surface area contributed by atoms with Crippen LogP contribution in [0.5, 0.6) is 5.75 Å². The molecule has 1 aromatic heterocycles. The molecule has 1 atom stereocenters. The minimum absolute atomic E-state index is 0.0615. The van der Waals surface area contributed by atoms with Crippen LogP contribution >= 0.6 is 0 Å². The molecular formula is C13H20N2O3. The number of hydrogen-bond donors (Lipinski definition) is 2. The second-order valence-electron chi connectivity index (χ2n) is 4.80. The summed E-state index contributed by atoms with van der Waals surface area (Å²) in [6.07, 6.45) is 3.84. The summed E-state index contributed by atoms with van der Waals surface area (Å²) >= 11 is 0. The number of carbonyl (C=O) groups is 1. The fraction of sp³-hybridized carbons (Fsp3) is 0.615. The summed E-state index contributed by atoms with van der Waals surface area (Å²) < 4.78 is 5.92. The van der Waals surface area contributed by atoms with Gasteiger partial charge in [-0.3, -0.25) is 0 Å². The summed E-state index contributed by atoms with van der Waals surface area (Å²) in [4.78, 5) is 16.0. The van der Waals surface area contributed by atoms with Crippen LogP contribution < -0.4 is 9.64 Å². The third-order valence-electron chi connectivity index (χ3n) is 3.74. The summed E-state index contributed by atoms with van der Waals surface area (Å²) in [6.45, 7) is 5.08. The van der Waals surface area contributed by atoms with E-state index in [0.29, 0.717) is 11.7 Å². The van der Waals surface area contributed by atoms with Crippen molar-refractivity contribution >= 4 is 11.7 Å². The molecule has 0 aliphatic carbocycles. The van der Waals surface area contributed by atoms with Crippen LogP contribution in [0.15, 0.2) is 6.20 Å². The van der Waals surface area contributed by atoms with E-state index in [9.17, 15) is 4.79 Å². The maximum absolute atomic E-state index is 11.1. The van der Waals surface area contributed by atoms with Crippen LogP contribution in [0, 0.1) is 5.92 Å². The minimum atomic E-state index is -0.977. The van der Waals surface area contributed by atoms with Crippen molar-refractivity contribution in [1.82, 2.24) is 4.98 Å². The molecule has 0 saturated carbocycles. The van der Waals surface area contributed by atoms with Crippen molar-refractivity contribution in [2.24, 2.45) is 5.92 Å². The molecule has 18 heavy (non-hydrogen) atoms. The molecule has 0 radical (unpaired) electrons. The maximum Gasteiger partial charge on any atom is 0.356 e. The van der Waals surface area contributed by atoms with Gasteiger partial charge in [-0.15, -0.1) is 0 Å². The Balaban J connectivity index is 2.31. The first-order valence-corrected chi connectivity index (χ1v) is 6.40. The number of carboxylic acid groups (broad SMARTS) is 1. The summed E-state index contributed by atoms with van der Waals surface area (Å²) in [5.74, 6) is -0.0415. The van der Waals surface area contributed by atoms with Gasteiger partial charge in [0.05, 0.1) is 12.2 Å². The van der Waals surface area contributed by atoms with Gasteiger partial charge in [0.15, 0.2) is 11.4 Å². The number of nitrogens with one attached hydrogen (secondary N) is 1. The number of rotatable bonds is 4. The van der Waals surface area contributed by atoms with Gasteiger partial charge in [0, 0.05) is 13.2 Å². The molecular weight excluding hydrogens is 232 g/mol. The zero-order valence-electron chi connectivity index (χ0n) is 11.1. The molecule has 2 rings (SSSR count). The molecule has 100 valence electrons. The first kappa shape index (κ1) is 12.8. The second-order valence-corrected chi connectivity index (χ2v) is 4.80. The largest absolute Gasteiger partial charge is 0.484 e. The Morgan fingerprint density at radius 3 is 2.83 bits per heavy atom. The summed E-state index contributed by atoms with van der Waals surface area (Å²) in [5.41, 5.74) is 0.974. The Hall–Kier alpha value is -1.65. The SMILES string of the molecule is CCC(CC)C1CN(C)c2c[nH]c(C(=O)O)c2O1. The number of carboxylic acids is 1. The molecule has 5 nitrogen and oxygen atoms in total. The molecule has 1 aliphatic rings. The first-order valence-electron chi connectivity index (χ1n) is 6.40. The van der Waals surface area contributed by atoms with E-state index in [1.165, 1.54) is 0 Å². The normalized spacial score (nSPS) is 18.7. The number of fused-ring (bicyclic) bond motifs is 1. The highest BCUT2D eigenvalue weighted by molar-refractivity contribution is 5.92. The predicted octanol–water partition coefficient (Wildman–Crippen LogP) is 2.35. The van der Waals surface area contributed by atoms with Crippen LogP contribution in [0.2, 0.25) is 0 Å². The maximum atomic E-state index is 11.1. The molecule has 0 saturated heterocycles. The van der Waals surface area contributed by atoms with E-state index in [2.05, 4.69) is 23.7 Å². The number of nitrogens with zero attached hydrogens (tertiary/aromatic N) is 1. The van der Waals surface area contributed by atoms with Gasteiger partial charge in [-0.2, -0.15) is 0 Å². The van der Waals surface area contributed by atoms with Crippen molar-refractivity contribution in [2.75, 3.05) is 18.5 Å². The van der Waals surface area contributed by atoms with Crippen molar-refractivity contribution in [3.8, 4) is 5.75 Å². The quantitative estimate of drug-likeness (QED) is 0.863. The lowest BCUT2D eigenvalue weighted by atomic mass is 9.95. The Bertz CT molecular complexity index is 437. The lowest BCUT2D eigenvalue weighted by Gasteiger charge is -2.35. The average Bonchev–Trinajstić information content (AvgIpc) is 2.75. The monoisotopic (exact) mass is 252 g/mol. The summed E-state index contributed by atoms with van der Waals surface area (Å²) in [7, 11) is 1.97. The third-order valence-corrected chi connectivity index (χ3v) is 3.74. The fourth-order valence-electron chi connectivity index (χ4n) is 2.58. The van der Waals surface area contributed by atoms with E-state index in [1.54, 1.807) is 6.20 Å². The van der Waals surface area contributed by atoms with Gasteiger partial charge >= 0.3 is 5.97 Å². The van der Waals surface area contributed by atoms with E-state index in [4.69, 9.17) is 9.84 Å². The second kappa shape index (κ2) is 4.92. The minimum Gasteiger partial charge on any atom is -0.484 e. The number of likely N-dealkylation sites (N-methyl/N-ethyl adjacent to an activating group) is 1. The molecule has 0 amide bonds. The van der Waals surface area contributed by atoms with Gasteiger partial charge in [0.2, 0.25) is 0 Å². The van der Waals surface area contributed by atoms with Crippen molar-refractivity contribution in [3.05, 3.63) is 11.9 Å². The lowest BCUT2D eigenvalue weighted by Crippen LogP contribution is -2.42. The van der Waals surface area contributed by atoms with E-state index in [0.717, 1.165) is 25.1 Å². The zero-order valence-corrected chi connectivity index (χ0v) is 11.1. The molecule has 5 heteroatoms. The first-order chi connectivity index (χ1) is 8.58. The fourth-order valence-corrected chi connectivity index (χ4v) is 2.58. The van der Waals surface area contributed by atoms with Gasteiger partial charge in [-0.1, -0.05) is 13.8 Å². The van der Waals surface area contributed by atoms with Crippen molar-refractivity contribution in [2.45, 2.75) is 32.8 Å². The van der Waals surface area contributed by atoms with Crippen molar-refractivity contribution in [3.63, 3.8) is 0 Å². The Kier molecular flexibility index (Phi) is 3.50. The van der Waals surface area contributed by atoms with Gasteiger partial charge in [0.25, 0.3) is 0 Å². The van der Waals surface area contributed by atoms with E-state index < -0.39 is 5.97 Å². The van der Waals surface area contributed by atoms with Crippen LogP contribution in [-0.4, -0.2) is 35.8 Å². The number of aromatic nitrogens is 1. The highest BCUT2D eigenvalue weighted by atomic mass is 16.5. The molecule has 1 aliphatic heterocycles. The lowest BCUT2D eigenvalue weighted by molar-refractivity contribution is 0.0675. The van der Waals surface area contributed by atoms with E-state index in [1.807, 2.05) is 7.05 Å².